The molecule has 0 amide bonds. The van der Waals surface area contributed by atoms with Gasteiger partial charge in [0.1, 0.15) is 5.60 Å². The van der Waals surface area contributed by atoms with E-state index in [2.05, 4.69) is 30.3 Å². The van der Waals surface area contributed by atoms with Gasteiger partial charge in [-0.15, -0.1) is 0 Å². The topological polar surface area (TPSA) is 29.6 Å². The normalized spacial score (nSPS) is 25.2. The molecule has 2 heteroatoms. The molecule has 0 bridgehead atoms. The Morgan fingerprint density at radius 2 is 1.43 bits per heavy atom. The van der Waals surface area contributed by atoms with E-state index in [9.17, 15) is 4.79 Å². The minimum atomic E-state index is 0.154. The van der Waals surface area contributed by atoms with Crippen molar-refractivity contribution in [2.75, 3.05) is 6.61 Å². The van der Waals surface area contributed by atoms with Crippen LogP contribution < -0.4 is 0 Å². The van der Waals surface area contributed by atoms with Crippen molar-refractivity contribution in [3.63, 3.8) is 0 Å². The molecule has 1 heterocycles. The average Bonchev–Trinajstić information content (AvgIpc) is 3.48. The molecule has 2 aromatic rings. The molecular weight excluding hydrogens is 284 g/mol. The first kappa shape index (κ1) is 14.6. The van der Waals surface area contributed by atoms with Crippen LogP contribution in [-0.2, 0) is 10.3 Å². The average molecular weight is 306 g/mol. The van der Waals surface area contributed by atoms with Crippen LogP contribution in [0.25, 0.3) is 0 Å². The summed E-state index contributed by atoms with van der Waals surface area (Å²) in [4.78, 5) is 11.4. The zero-order valence-corrected chi connectivity index (χ0v) is 13.3. The Labute approximate surface area is 137 Å². The van der Waals surface area contributed by atoms with Gasteiger partial charge in [0.15, 0.2) is 5.78 Å². The predicted octanol–water partition coefficient (Wildman–Crippen LogP) is 4.60. The second kappa shape index (κ2) is 5.93. The maximum atomic E-state index is 11.4. The molecule has 2 saturated carbocycles. The van der Waals surface area contributed by atoms with E-state index in [-0.39, 0.29) is 5.60 Å². The van der Waals surface area contributed by atoms with Gasteiger partial charge < -0.3 is 4.74 Å². The molecule has 5 rings (SSSR count). The summed E-state index contributed by atoms with van der Waals surface area (Å²) in [6.07, 6.45) is 4.89. The second-order valence-corrected chi connectivity index (χ2v) is 6.82. The van der Waals surface area contributed by atoms with Crippen molar-refractivity contribution >= 4 is 5.78 Å². The second-order valence-electron chi connectivity index (χ2n) is 6.82. The van der Waals surface area contributed by atoms with Crippen LogP contribution in [0, 0.1) is 11.8 Å². The highest BCUT2D eigenvalue weighted by molar-refractivity contribution is 5.99. The van der Waals surface area contributed by atoms with E-state index < -0.39 is 0 Å². The van der Waals surface area contributed by atoms with Crippen molar-refractivity contribution < 1.29 is 9.53 Å². The Morgan fingerprint density at radius 1 is 0.870 bits per heavy atom. The number of epoxide rings is 1. The van der Waals surface area contributed by atoms with E-state index in [0.29, 0.717) is 11.7 Å². The fourth-order valence-electron chi connectivity index (χ4n) is 3.17. The molecule has 2 aliphatic carbocycles. The Morgan fingerprint density at radius 3 is 1.91 bits per heavy atom. The van der Waals surface area contributed by atoms with Gasteiger partial charge in [-0.2, -0.15) is 0 Å². The van der Waals surface area contributed by atoms with Crippen LogP contribution >= 0.6 is 0 Å². The van der Waals surface area contributed by atoms with E-state index in [1.807, 2.05) is 30.3 Å². The highest BCUT2D eigenvalue weighted by atomic mass is 16.6. The molecular formula is C21H22O2. The lowest BCUT2D eigenvalue weighted by molar-refractivity contribution is 0.0967. The number of ketones is 1. The zero-order chi connectivity index (χ0) is 15.7. The minimum Gasteiger partial charge on any atom is -0.364 e. The number of carbonyl (C=O) groups excluding carboxylic acids is 1. The van der Waals surface area contributed by atoms with Crippen molar-refractivity contribution in [1.29, 1.82) is 0 Å². The molecule has 1 unspecified atom stereocenters. The zero-order valence-electron chi connectivity index (χ0n) is 13.3. The van der Waals surface area contributed by atoms with E-state index in [0.717, 1.165) is 30.9 Å². The van der Waals surface area contributed by atoms with Gasteiger partial charge in [0.25, 0.3) is 0 Å². The van der Waals surface area contributed by atoms with Gasteiger partial charge in [-0.25, -0.2) is 0 Å². The molecule has 3 fully saturated rings. The molecule has 118 valence electrons. The molecule has 0 radical (unpaired) electrons. The molecule has 2 aromatic carbocycles. The molecule has 2 nitrogen and oxygen atoms in total. The van der Waals surface area contributed by atoms with Crippen LogP contribution in [-0.4, -0.2) is 12.4 Å². The van der Waals surface area contributed by atoms with E-state index in [1.54, 1.807) is 0 Å². The number of Topliss-reactive ketones (excluding diaryl/α,β-unsaturated/α-hetero) is 1. The Kier molecular flexibility index (Phi) is 3.78. The number of carbonyl (C=O) groups is 1. The number of rotatable bonds is 4. The van der Waals surface area contributed by atoms with Crippen LogP contribution in [0.3, 0.4) is 0 Å². The summed E-state index contributed by atoms with van der Waals surface area (Å²) in [6, 6.07) is 20.2. The first-order chi connectivity index (χ1) is 11.3. The van der Waals surface area contributed by atoms with Crippen molar-refractivity contribution in [3.8, 4) is 0 Å². The summed E-state index contributed by atoms with van der Waals surface area (Å²) in [7, 11) is 0. The van der Waals surface area contributed by atoms with Crippen molar-refractivity contribution in [2.24, 2.45) is 11.8 Å². The van der Waals surface area contributed by atoms with Crippen LogP contribution in [0.1, 0.15) is 41.6 Å². The summed E-state index contributed by atoms with van der Waals surface area (Å²) in [6.45, 7) is 0.946. The smallest absolute Gasteiger partial charge is 0.165 e. The summed E-state index contributed by atoms with van der Waals surface area (Å²) in [5, 5.41) is 0. The van der Waals surface area contributed by atoms with Crippen molar-refractivity contribution in [1.82, 2.24) is 0 Å². The maximum Gasteiger partial charge on any atom is 0.165 e. The molecule has 1 saturated heterocycles. The van der Waals surface area contributed by atoms with Crippen molar-refractivity contribution in [3.05, 3.63) is 71.8 Å². The molecule has 1 atom stereocenters. The van der Waals surface area contributed by atoms with Gasteiger partial charge in [-0.1, -0.05) is 60.7 Å². The quantitative estimate of drug-likeness (QED) is 0.610. The third-order valence-corrected chi connectivity index (χ3v) is 4.96. The standard InChI is InChI=1S/C11H12O.C10H10O/c1-2-4-9(5-3-1)11(8-12-11)10-6-7-10;11-10(9-6-7-9)8-4-2-1-3-5-8/h1-5,10H,6-8H2;1-5,9H,6-7H2. The first-order valence-corrected chi connectivity index (χ1v) is 8.58. The van der Waals surface area contributed by atoms with Gasteiger partial charge in [0.2, 0.25) is 0 Å². The first-order valence-electron chi connectivity index (χ1n) is 8.58. The van der Waals surface area contributed by atoms with Crippen LogP contribution in [0.5, 0.6) is 0 Å². The van der Waals surface area contributed by atoms with Gasteiger partial charge in [0, 0.05) is 11.5 Å². The van der Waals surface area contributed by atoms with E-state index >= 15 is 0 Å². The van der Waals surface area contributed by atoms with Crippen LogP contribution in [0.4, 0.5) is 0 Å². The van der Waals surface area contributed by atoms with E-state index in [4.69, 9.17) is 4.74 Å². The summed E-state index contributed by atoms with van der Waals surface area (Å²) in [5.41, 5.74) is 2.41. The van der Waals surface area contributed by atoms with Gasteiger partial charge in [-0.05, 0) is 37.2 Å². The van der Waals surface area contributed by atoms with Gasteiger partial charge >= 0.3 is 0 Å². The highest BCUT2D eigenvalue weighted by Crippen LogP contribution is 2.55. The fourth-order valence-corrected chi connectivity index (χ4v) is 3.17. The minimum absolute atomic E-state index is 0.154. The van der Waals surface area contributed by atoms with Gasteiger partial charge in [0.05, 0.1) is 6.61 Å². The van der Waals surface area contributed by atoms with Crippen molar-refractivity contribution in [2.45, 2.75) is 31.3 Å². The SMILES string of the molecule is O=C(c1ccccc1)C1CC1.c1ccc(C2(C3CC3)CO2)cc1. The molecule has 0 spiro atoms. The molecule has 3 aliphatic rings. The van der Waals surface area contributed by atoms with Crippen LogP contribution in [0.15, 0.2) is 60.7 Å². The Bertz CT molecular complexity index is 666. The fraction of sp³-hybridized carbons (Fsp3) is 0.381. The predicted molar refractivity (Wildman–Crippen MR) is 90.3 cm³/mol. The number of benzene rings is 2. The summed E-state index contributed by atoms with van der Waals surface area (Å²) >= 11 is 0. The molecule has 0 N–H and O–H groups in total. The molecule has 23 heavy (non-hydrogen) atoms. The van der Waals surface area contributed by atoms with E-state index in [1.165, 1.54) is 18.4 Å². The summed E-state index contributed by atoms with van der Waals surface area (Å²) < 4.78 is 5.61. The lowest BCUT2D eigenvalue weighted by Gasteiger charge is -2.09. The van der Waals surface area contributed by atoms with Gasteiger partial charge in [-0.3, -0.25) is 4.79 Å². The maximum absolute atomic E-state index is 11.4. The number of ether oxygens (including phenoxy) is 1. The Balaban J connectivity index is 0.000000118. The highest BCUT2D eigenvalue weighted by Gasteiger charge is 2.57. The van der Waals surface area contributed by atoms with Crippen LogP contribution in [0.2, 0.25) is 0 Å². The third-order valence-electron chi connectivity index (χ3n) is 4.96. The lowest BCUT2D eigenvalue weighted by Crippen LogP contribution is -2.10. The molecule has 1 aliphatic heterocycles. The number of hydrogen-bond donors (Lipinski definition) is 0. The largest absolute Gasteiger partial charge is 0.364 e. The number of hydrogen-bond acceptors (Lipinski definition) is 2. The third kappa shape index (κ3) is 3.23. The monoisotopic (exact) mass is 306 g/mol. The summed E-state index contributed by atoms with van der Waals surface area (Å²) in [5.74, 6) is 1.49. The Hall–Kier alpha value is -1.93. The molecule has 0 aromatic heterocycles. The lowest BCUT2D eigenvalue weighted by atomic mass is 9.95.